The first-order chi connectivity index (χ1) is 18.3. The van der Waals surface area contributed by atoms with E-state index < -0.39 is 0 Å². The molecule has 2 aliphatic heterocycles. The van der Waals surface area contributed by atoms with Gasteiger partial charge < -0.3 is 30.6 Å². The van der Waals surface area contributed by atoms with Crippen LogP contribution < -0.4 is 26.7 Å². The third-order valence-corrected chi connectivity index (χ3v) is 9.12. The van der Waals surface area contributed by atoms with Gasteiger partial charge in [0.2, 0.25) is 0 Å². The molecule has 2 saturated heterocycles. The van der Waals surface area contributed by atoms with Crippen molar-refractivity contribution in [3.05, 3.63) is 29.8 Å². The van der Waals surface area contributed by atoms with E-state index in [1.165, 1.54) is 75.2 Å². The number of fused-ring (bicyclic) bond motifs is 1. The van der Waals surface area contributed by atoms with Crippen LogP contribution in [0.1, 0.15) is 69.8 Å². The second-order valence-corrected chi connectivity index (χ2v) is 11.7. The van der Waals surface area contributed by atoms with E-state index in [2.05, 4.69) is 50.4 Å². The van der Waals surface area contributed by atoms with Gasteiger partial charge in [-0.05, 0) is 36.7 Å². The van der Waals surface area contributed by atoms with Crippen molar-refractivity contribution >= 4 is 12.6 Å². The lowest BCUT2D eigenvalue weighted by atomic mass is 9.66. The van der Waals surface area contributed by atoms with Gasteiger partial charge in [-0.2, -0.15) is 0 Å². The van der Waals surface area contributed by atoms with E-state index in [1.54, 1.807) is 0 Å². The molecule has 2 spiro atoms. The molecular formula is C29H50BN5O2. The summed E-state index contributed by atoms with van der Waals surface area (Å²) >= 11 is 0. The van der Waals surface area contributed by atoms with Gasteiger partial charge in [0.15, 0.2) is 0 Å². The first kappa shape index (κ1) is 27.6. The Morgan fingerprint density at radius 3 is 1.49 bits per heavy atom. The molecule has 5 rings (SSSR count). The zero-order chi connectivity index (χ0) is 25.2. The largest absolute Gasteiger partial charge is 0.494 e. The predicted octanol–water partition coefficient (Wildman–Crippen LogP) is 2.01. The maximum absolute atomic E-state index is 6.91. The smallest absolute Gasteiger partial charge is 0.399 e. The molecule has 4 aliphatic rings. The quantitative estimate of drug-likeness (QED) is 0.463. The molecule has 1 aromatic rings. The Morgan fingerprint density at radius 2 is 1.03 bits per heavy atom. The number of rotatable bonds is 3. The maximum atomic E-state index is 6.91. The van der Waals surface area contributed by atoms with Gasteiger partial charge >= 0.3 is 7.12 Å². The fourth-order valence-corrected chi connectivity index (χ4v) is 6.99. The highest BCUT2D eigenvalue weighted by Gasteiger charge is 2.61. The summed E-state index contributed by atoms with van der Waals surface area (Å²) in [5, 5.41) is 14.2. The van der Waals surface area contributed by atoms with Crippen molar-refractivity contribution in [2.75, 3.05) is 65.4 Å². The van der Waals surface area contributed by atoms with Crippen LogP contribution in [0.5, 0.6) is 0 Å². The summed E-state index contributed by atoms with van der Waals surface area (Å²) in [6.07, 6.45) is 12.5. The molecule has 0 radical (unpaired) electrons. The minimum Gasteiger partial charge on any atom is -0.399 e. The SMILES string of the molecule is c1cc(B2OC3(CCCCC3)C3(CCCCC3)O2)ccc1CN1CCNCCNCCNCCNCC1. The van der Waals surface area contributed by atoms with Crippen molar-refractivity contribution in [3.8, 4) is 0 Å². The van der Waals surface area contributed by atoms with Crippen molar-refractivity contribution in [1.82, 2.24) is 26.2 Å². The fraction of sp³-hybridized carbons (Fsp3) is 0.793. The van der Waals surface area contributed by atoms with Gasteiger partial charge in [0.25, 0.3) is 0 Å². The van der Waals surface area contributed by atoms with Crippen LogP contribution in [0.15, 0.2) is 24.3 Å². The summed E-state index contributed by atoms with van der Waals surface area (Å²) in [4.78, 5) is 2.56. The highest BCUT2D eigenvalue weighted by molar-refractivity contribution is 6.62. The summed E-state index contributed by atoms with van der Waals surface area (Å²) in [5.41, 5.74) is 2.44. The van der Waals surface area contributed by atoms with Gasteiger partial charge in [0, 0.05) is 72.0 Å². The lowest BCUT2D eigenvalue weighted by Gasteiger charge is -2.48. The van der Waals surface area contributed by atoms with Crippen molar-refractivity contribution in [2.45, 2.75) is 82.0 Å². The predicted molar refractivity (Wildman–Crippen MR) is 152 cm³/mol. The van der Waals surface area contributed by atoms with E-state index in [0.29, 0.717) is 0 Å². The molecule has 0 aromatic heterocycles. The van der Waals surface area contributed by atoms with Crippen LogP contribution in [-0.4, -0.2) is 88.7 Å². The molecule has 4 fully saturated rings. The van der Waals surface area contributed by atoms with E-state index in [-0.39, 0.29) is 18.3 Å². The van der Waals surface area contributed by atoms with Gasteiger partial charge in [-0.1, -0.05) is 62.8 Å². The van der Waals surface area contributed by atoms with Gasteiger partial charge in [0.05, 0.1) is 11.2 Å². The first-order valence-electron chi connectivity index (χ1n) is 15.3. The first-order valence-corrected chi connectivity index (χ1v) is 15.3. The number of nitrogens with zero attached hydrogens (tertiary/aromatic N) is 1. The number of benzene rings is 1. The summed E-state index contributed by atoms with van der Waals surface area (Å²) in [6.45, 7) is 11.3. The van der Waals surface area contributed by atoms with Crippen molar-refractivity contribution in [1.29, 1.82) is 0 Å². The van der Waals surface area contributed by atoms with Crippen molar-refractivity contribution in [3.63, 3.8) is 0 Å². The second-order valence-electron chi connectivity index (χ2n) is 11.7. The Morgan fingerprint density at radius 1 is 0.595 bits per heavy atom. The van der Waals surface area contributed by atoms with Crippen LogP contribution in [0, 0.1) is 0 Å². The van der Waals surface area contributed by atoms with Crippen LogP contribution in [0.3, 0.4) is 0 Å². The molecule has 1 aromatic carbocycles. The number of hydrogen-bond acceptors (Lipinski definition) is 7. The topological polar surface area (TPSA) is 69.8 Å². The Labute approximate surface area is 225 Å². The highest BCUT2D eigenvalue weighted by atomic mass is 16.7. The molecule has 37 heavy (non-hydrogen) atoms. The van der Waals surface area contributed by atoms with Crippen LogP contribution in [0.4, 0.5) is 0 Å². The lowest BCUT2D eigenvalue weighted by Crippen LogP contribution is -2.53. The van der Waals surface area contributed by atoms with Crippen molar-refractivity contribution < 1.29 is 9.31 Å². The summed E-state index contributed by atoms with van der Waals surface area (Å²) in [7, 11) is -0.209. The Hall–Kier alpha value is -0.995. The van der Waals surface area contributed by atoms with Gasteiger partial charge in [-0.15, -0.1) is 0 Å². The standard InChI is InChI=1S/C29H50BN5O2/c1-3-11-28(12-4-1)29(13-5-2-6-14-29)37-30(36-28)27-9-7-26(8-10-27)25-35-23-21-33-19-17-31-15-16-32-18-20-34-22-24-35/h7-10,31-34H,1-6,11-25H2. The van der Waals surface area contributed by atoms with Crippen molar-refractivity contribution in [2.24, 2.45) is 0 Å². The Balaban J connectivity index is 1.19. The molecular weight excluding hydrogens is 461 g/mol. The molecule has 7 nitrogen and oxygen atoms in total. The van der Waals surface area contributed by atoms with Crippen LogP contribution >= 0.6 is 0 Å². The zero-order valence-corrected chi connectivity index (χ0v) is 23.0. The molecule has 2 saturated carbocycles. The Bertz CT molecular complexity index is 756. The third-order valence-electron chi connectivity index (χ3n) is 9.12. The van der Waals surface area contributed by atoms with E-state index in [4.69, 9.17) is 9.31 Å². The number of hydrogen-bond donors (Lipinski definition) is 4. The molecule has 0 amide bonds. The molecule has 0 atom stereocenters. The van der Waals surface area contributed by atoms with E-state index in [0.717, 1.165) is 72.0 Å². The van der Waals surface area contributed by atoms with Gasteiger partial charge in [-0.25, -0.2) is 0 Å². The fourth-order valence-electron chi connectivity index (χ4n) is 6.99. The van der Waals surface area contributed by atoms with Gasteiger partial charge in [0.1, 0.15) is 0 Å². The van der Waals surface area contributed by atoms with Crippen LogP contribution in [0.25, 0.3) is 0 Å². The minimum atomic E-state index is -0.209. The van der Waals surface area contributed by atoms with Crippen LogP contribution in [-0.2, 0) is 15.9 Å². The van der Waals surface area contributed by atoms with E-state index in [9.17, 15) is 0 Å². The Kier molecular flexibility index (Phi) is 10.3. The molecule has 8 heteroatoms. The highest BCUT2D eigenvalue weighted by Crippen LogP contribution is 2.53. The third kappa shape index (κ3) is 7.15. The lowest BCUT2D eigenvalue weighted by molar-refractivity contribution is -0.0923. The monoisotopic (exact) mass is 511 g/mol. The van der Waals surface area contributed by atoms with Crippen LogP contribution in [0.2, 0.25) is 0 Å². The zero-order valence-electron chi connectivity index (χ0n) is 23.0. The minimum absolute atomic E-state index is 0.0592. The molecule has 206 valence electrons. The molecule has 0 unspecified atom stereocenters. The molecule has 0 bridgehead atoms. The molecule has 2 heterocycles. The second kappa shape index (κ2) is 13.9. The van der Waals surface area contributed by atoms with E-state index >= 15 is 0 Å². The average Bonchev–Trinajstić information content (AvgIpc) is 3.20. The molecule has 2 aliphatic carbocycles. The normalized spacial score (nSPS) is 26.6. The maximum Gasteiger partial charge on any atom is 0.494 e. The number of nitrogens with one attached hydrogen (secondary N) is 4. The molecule has 4 N–H and O–H groups in total. The van der Waals surface area contributed by atoms with E-state index in [1.807, 2.05) is 0 Å². The van der Waals surface area contributed by atoms with Gasteiger partial charge in [-0.3, -0.25) is 4.90 Å². The summed E-state index contributed by atoms with van der Waals surface area (Å²) < 4.78 is 13.8. The summed E-state index contributed by atoms with van der Waals surface area (Å²) in [6, 6.07) is 9.12. The average molecular weight is 512 g/mol. The summed E-state index contributed by atoms with van der Waals surface area (Å²) in [5.74, 6) is 0.